The zero-order valence-electron chi connectivity index (χ0n) is 12.3. The first kappa shape index (κ1) is 16.4. The van der Waals surface area contributed by atoms with Gasteiger partial charge in [0.1, 0.15) is 0 Å². The molecule has 0 saturated heterocycles. The molecule has 1 heterocycles. The molecule has 0 aliphatic carbocycles. The smallest absolute Gasteiger partial charge is 0.240 e. The number of hydrogen-bond acceptors (Lipinski definition) is 4. The highest BCUT2D eigenvalue weighted by Crippen LogP contribution is 2.25. The van der Waals surface area contributed by atoms with Crippen molar-refractivity contribution in [2.24, 2.45) is 0 Å². The summed E-state index contributed by atoms with van der Waals surface area (Å²) in [5.74, 6) is -0.0327. The Balaban J connectivity index is 2.00. The number of hydrogen-bond donors (Lipinski definition) is 1. The first-order chi connectivity index (χ1) is 9.95. The number of nitrogens with one attached hydrogen (secondary N) is 1. The molecule has 1 amide bonds. The molecule has 6 heteroatoms. The summed E-state index contributed by atoms with van der Waals surface area (Å²) in [5.41, 5.74) is 1.95. The molecule has 2 aromatic rings. The summed E-state index contributed by atoms with van der Waals surface area (Å²) in [4.78, 5) is 18.4. The van der Waals surface area contributed by atoms with Gasteiger partial charge in [-0.25, -0.2) is 4.98 Å². The Bertz CT molecular complexity index is 610. The number of nitrogens with zero attached hydrogens (tertiary/aromatic N) is 2. The molecule has 0 unspecified atom stereocenters. The maximum Gasteiger partial charge on any atom is 0.240 e. The average Bonchev–Trinajstić information content (AvgIpc) is 2.87. The third-order valence-corrected chi connectivity index (χ3v) is 4.64. The number of benzene rings is 1. The molecule has 0 radical (unpaired) electrons. The fraction of sp³-hybridized carbons (Fsp3) is 0.333. The standard InChI is InChI=1S/C15H18IN3OS/c1-10(2)19(3)8-14(20)18-15-17-13(9-21-15)11-4-6-12(16)7-5-11/h4-7,9-10H,8H2,1-3H3,(H,17,18,20). The summed E-state index contributed by atoms with van der Waals surface area (Å²) in [6.07, 6.45) is 0. The predicted molar refractivity (Wildman–Crippen MR) is 96.7 cm³/mol. The van der Waals surface area contributed by atoms with Gasteiger partial charge in [0.25, 0.3) is 0 Å². The molecule has 0 atom stereocenters. The molecule has 1 aromatic heterocycles. The van der Waals surface area contributed by atoms with Crippen LogP contribution >= 0.6 is 33.9 Å². The van der Waals surface area contributed by atoms with Crippen molar-refractivity contribution in [3.63, 3.8) is 0 Å². The highest BCUT2D eigenvalue weighted by molar-refractivity contribution is 14.1. The third kappa shape index (κ3) is 4.76. The molecule has 112 valence electrons. The second-order valence-electron chi connectivity index (χ2n) is 5.10. The minimum atomic E-state index is -0.0327. The molecule has 21 heavy (non-hydrogen) atoms. The number of anilines is 1. The van der Waals surface area contributed by atoms with E-state index in [1.807, 2.05) is 41.6 Å². The van der Waals surface area contributed by atoms with Crippen molar-refractivity contribution in [3.8, 4) is 11.3 Å². The van der Waals surface area contributed by atoms with Crippen LogP contribution in [-0.2, 0) is 4.79 Å². The van der Waals surface area contributed by atoms with E-state index in [-0.39, 0.29) is 5.91 Å². The van der Waals surface area contributed by atoms with Crippen LogP contribution in [0.1, 0.15) is 13.8 Å². The molecular formula is C15H18IN3OS. The molecule has 0 spiro atoms. The van der Waals surface area contributed by atoms with Crippen molar-refractivity contribution in [3.05, 3.63) is 33.2 Å². The van der Waals surface area contributed by atoms with Crippen LogP contribution in [0.15, 0.2) is 29.6 Å². The van der Waals surface area contributed by atoms with Gasteiger partial charge in [0, 0.05) is 20.6 Å². The summed E-state index contributed by atoms with van der Waals surface area (Å²) in [6, 6.07) is 8.51. The molecular weight excluding hydrogens is 397 g/mol. The van der Waals surface area contributed by atoms with Crippen LogP contribution in [0.3, 0.4) is 0 Å². The summed E-state index contributed by atoms with van der Waals surface area (Å²) in [6.45, 7) is 4.49. The maximum absolute atomic E-state index is 11.9. The van der Waals surface area contributed by atoms with Gasteiger partial charge >= 0.3 is 0 Å². The minimum absolute atomic E-state index is 0.0327. The number of carbonyl (C=O) groups is 1. The van der Waals surface area contributed by atoms with Crippen molar-refractivity contribution in [2.45, 2.75) is 19.9 Å². The number of aromatic nitrogens is 1. The van der Waals surface area contributed by atoms with E-state index in [1.54, 1.807) is 0 Å². The Morgan fingerprint density at radius 3 is 2.67 bits per heavy atom. The van der Waals surface area contributed by atoms with Crippen LogP contribution in [0.2, 0.25) is 0 Å². The van der Waals surface area contributed by atoms with E-state index in [0.717, 1.165) is 11.3 Å². The van der Waals surface area contributed by atoms with Crippen molar-refractivity contribution in [1.82, 2.24) is 9.88 Å². The fourth-order valence-corrected chi connectivity index (χ4v) is 2.75. The van der Waals surface area contributed by atoms with E-state index in [9.17, 15) is 4.79 Å². The van der Waals surface area contributed by atoms with Crippen LogP contribution in [0.5, 0.6) is 0 Å². The number of halogens is 1. The lowest BCUT2D eigenvalue weighted by atomic mass is 10.2. The normalized spacial score (nSPS) is 11.1. The molecule has 4 nitrogen and oxygen atoms in total. The van der Waals surface area contributed by atoms with E-state index in [1.165, 1.54) is 14.9 Å². The van der Waals surface area contributed by atoms with Crippen molar-refractivity contribution >= 4 is 45.0 Å². The molecule has 1 N–H and O–H groups in total. The molecule has 0 fully saturated rings. The number of amides is 1. The number of rotatable bonds is 5. The predicted octanol–water partition coefficient (Wildman–Crippen LogP) is 3.69. The van der Waals surface area contributed by atoms with Gasteiger partial charge in [-0.15, -0.1) is 11.3 Å². The topological polar surface area (TPSA) is 45.2 Å². The average molecular weight is 415 g/mol. The largest absolute Gasteiger partial charge is 0.301 e. The lowest BCUT2D eigenvalue weighted by Crippen LogP contribution is -2.34. The Labute approximate surface area is 142 Å². The van der Waals surface area contributed by atoms with E-state index in [2.05, 4.69) is 46.7 Å². The van der Waals surface area contributed by atoms with Crippen molar-refractivity contribution in [2.75, 3.05) is 18.9 Å². The van der Waals surface area contributed by atoms with E-state index in [0.29, 0.717) is 17.7 Å². The number of likely N-dealkylation sites (N-methyl/N-ethyl adjacent to an activating group) is 1. The first-order valence-corrected chi connectivity index (χ1v) is 8.63. The maximum atomic E-state index is 11.9. The molecule has 0 saturated carbocycles. The quantitative estimate of drug-likeness (QED) is 0.758. The van der Waals surface area contributed by atoms with Crippen LogP contribution in [0, 0.1) is 3.57 Å². The molecule has 1 aromatic carbocycles. The van der Waals surface area contributed by atoms with Crippen molar-refractivity contribution in [1.29, 1.82) is 0 Å². The number of carbonyl (C=O) groups excluding carboxylic acids is 1. The van der Waals surface area contributed by atoms with E-state index >= 15 is 0 Å². The second-order valence-corrected chi connectivity index (χ2v) is 7.21. The van der Waals surface area contributed by atoms with Gasteiger partial charge in [-0.3, -0.25) is 9.69 Å². The molecule has 0 aliphatic heterocycles. The van der Waals surface area contributed by atoms with Crippen LogP contribution in [0.4, 0.5) is 5.13 Å². The van der Waals surface area contributed by atoms with Gasteiger partial charge in [-0.05, 0) is 55.6 Å². The summed E-state index contributed by atoms with van der Waals surface area (Å²) < 4.78 is 1.19. The van der Waals surface area contributed by atoms with Gasteiger partial charge in [0.2, 0.25) is 5.91 Å². The zero-order chi connectivity index (χ0) is 15.4. The highest BCUT2D eigenvalue weighted by atomic mass is 127. The SMILES string of the molecule is CC(C)N(C)CC(=O)Nc1nc(-c2ccc(I)cc2)cs1. The van der Waals surface area contributed by atoms with E-state index < -0.39 is 0 Å². The zero-order valence-corrected chi connectivity index (χ0v) is 15.2. The lowest BCUT2D eigenvalue weighted by molar-refractivity contribution is -0.117. The van der Waals surface area contributed by atoms with Crippen LogP contribution in [-0.4, -0.2) is 35.4 Å². The third-order valence-electron chi connectivity index (χ3n) is 3.17. The van der Waals surface area contributed by atoms with Gasteiger partial charge in [-0.2, -0.15) is 0 Å². The molecule has 0 aliphatic rings. The van der Waals surface area contributed by atoms with Gasteiger partial charge in [0.05, 0.1) is 12.2 Å². The Kier molecular flexibility index (Phi) is 5.72. The fourth-order valence-electron chi connectivity index (χ4n) is 1.65. The molecule has 2 rings (SSSR count). The second kappa shape index (κ2) is 7.33. The summed E-state index contributed by atoms with van der Waals surface area (Å²) in [5, 5.41) is 5.46. The monoisotopic (exact) mass is 415 g/mol. The van der Waals surface area contributed by atoms with E-state index in [4.69, 9.17) is 0 Å². The number of thiazole rings is 1. The summed E-state index contributed by atoms with van der Waals surface area (Å²) >= 11 is 3.72. The first-order valence-electron chi connectivity index (χ1n) is 6.67. The van der Waals surface area contributed by atoms with Crippen LogP contribution in [0.25, 0.3) is 11.3 Å². The Hall–Kier alpha value is -0.990. The van der Waals surface area contributed by atoms with Gasteiger partial charge in [0.15, 0.2) is 5.13 Å². The Morgan fingerprint density at radius 1 is 1.38 bits per heavy atom. The van der Waals surface area contributed by atoms with Crippen molar-refractivity contribution < 1.29 is 4.79 Å². The minimum Gasteiger partial charge on any atom is -0.301 e. The van der Waals surface area contributed by atoms with Crippen LogP contribution < -0.4 is 5.32 Å². The highest BCUT2D eigenvalue weighted by Gasteiger charge is 2.11. The lowest BCUT2D eigenvalue weighted by Gasteiger charge is -2.19. The molecule has 0 bridgehead atoms. The van der Waals surface area contributed by atoms with Gasteiger partial charge in [-0.1, -0.05) is 12.1 Å². The Morgan fingerprint density at radius 2 is 2.05 bits per heavy atom. The summed E-state index contributed by atoms with van der Waals surface area (Å²) in [7, 11) is 1.93. The van der Waals surface area contributed by atoms with Gasteiger partial charge < -0.3 is 5.32 Å².